The molecule has 0 unspecified atom stereocenters. The van der Waals surface area contributed by atoms with E-state index in [4.69, 9.17) is 5.73 Å². The van der Waals surface area contributed by atoms with Crippen LogP contribution in [0.15, 0.2) is 95.9 Å². The first-order chi connectivity index (χ1) is 17.3. The fourth-order valence-electron chi connectivity index (χ4n) is 3.81. The van der Waals surface area contributed by atoms with Crippen LogP contribution in [0.2, 0.25) is 0 Å². The Balaban J connectivity index is 0.000000197. The molecule has 36 heavy (non-hydrogen) atoms. The average molecular weight is 481 g/mol. The fraction of sp³-hybridized carbons (Fsp3) is 0.0714. The number of carbonyl (C=O) groups is 2. The summed E-state index contributed by atoms with van der Waals surface area (Å²) in [5.74, 6) is -1.27. The average Bonchev–Trinajstić information content (AvgIpc) is 2.92. The minimum Gasteiger partial charge on any atom is -0.506 e. The van der Waals surface area contributed by atoms with Crippen LogP contribution in [-0.2, 0) is 7.05 Å². The highest BCUT2D eigenvalue weighted by Crippen LogP contribution is 2.27. The second-order valence-corrected chi connectivity index (χ2v) is 8.09. The van der Waals surface area contributed by atoms with E-state index in [1.165, 1.54) is 15.7 Å². The number of anilines is 1. The zero-order valence-corrected chi connectivity index (χ0v) is 19.8. The van der Waals surface area contributed by atoms with E-state index in [-0.39, 0.29) is 11.3 Å². The zero-order chi connectivity index (χ0) is 25.8. The van der Waals surface area contributed by atoms with Crippen molar-refractivity contribution in [3.05, 3.63) is 113 Å². The van der Waals surface area contributed by atoms with Crippen LogP contribution in [0, 0.1) is 0 Å². The third kappa shape index (κ3) is 4.65. The quantitative estimate of drug-likeness (QED) is 0.407. The molecule has 5 aromatic rings. The Morgan fingerprint density at radius 2 is 1.58 bits per heavy atom. The van der Waals surface area contributed by atoms with E-state index >= 15 is 0 Å². The number of aryl methyl sites for hydroxylation is 1. The Morgan fingerprint density at radius 1 is 0.944 bits per heavy atom. The molecule has 0 bridgehead atoms. The van der Waals surface area contributed by atoms with E-state index in [1.807, 2.05) is 30.3 Å². The number of amides is 2. The molecule has 0 fully saturated rings. The summed E-state index contributed by atoms with van der Waals surface area (Å²) in [6, 6.07) is 25.2. The first-order valence-electron chi connectivity index (χ1n) is 11.1. The fourth-order valence-corrected chi connectivity index (χ4v) is 3.81. The first-order valence-corrected chi connectivity index (χ1v) is 11.1. The predicted molar refractivity (Wildman–Crippen MR) is 140 cm³/mol. The highest BCUT2D eigenvalue weighted by atomic mass is 16.3. The second-order valence-electron chi connectivity index (χ2n) is 8.09. The maximum atomic E-state index is 12.7. The van der Waals surface area contributed by atoms with Crippen LogP contribution in [-0.4, -0.2) is 33.5 Å². The number of pyridine rings is 2. The van der Waals surface area contributed by atoms with Crippen molar-refractivity contribution in [2.45, 2.75) is 0 Å². The van der Waals surface area contributed by atoms with Gasteiger partial charge in [-0.25, -0.2) is 0 Å². The van der Waals surface area contributed by atoms with Crippen molar-refractivity contribution < 1.29 is 14.7 Å². The van der Waals surface area contributed by atoms with E-state index in [0.717, 1.165) is 10.9 Å². The Hall–Kier alpha value is -4.98. The number of aromatic nitrogens is 2. The highest BCUT2D eigenvalue weighted by Gasteiger charge is 2.24. The number of aromatic hydroxyl groups is 1. The zero-order valence-electron chi connectivity index (χ0n) is 19.8. The van der Waals surface area contributed by atoms with Crippen molar-refractivity contribution in [2.75, 3.05) is 11.9 Å². The predicted octanol–water partition coefficient (Wildman–Crippen LogP) is 3.85. The van der Waals surface area contributed by atoms with Gasteiger partial charge in [0.05, 0.1) is 16.6 Å². The second kappa shape index (κ2) is 10.1. The number of nitrogens with zero attached hydrogens (tertiary/aromatic N) is 3. The number of fused-ring (bicyclic) bond motifs is 2. The number of rotatable bonds is 3. The molecule has 5 rings (SSSR count). The van der Waals surface area contributed by atoms with Gasteiger partial charge in [-0.2, -0.15) is 0 Å². The van der Waals surface area contributed by atoms with Gasteiger partial charge >= 0.3 is 0 Å². The molecule has 0 radical (unpaired) electrons. The molecule has 0 aliphatic rings. The maximum absolute atomic E-state index is 12.7. The maximum Gasteiger partial charge on any atom is 0.267 e. The molecule has 2 amide bonds. The molecule has 8 nitrogen and oxygen atoms in total. The van der Waals surface area contributed by atoms with Gasteiger partial charge in [0, 0.05) is 36.8 Å². The summed E-state index contributed by atoms with van der Waals surface area (Å²) in [7, 11) is 3.16. The molecule has 2 aromatic heterocycles. The number of nitrogens with two attached hydrogens (primary N) is 1. The van der Waals surface area contributed by atoms with Crippen molar-refractivity contribution in [2.24, 2.45) is 12.8 Å². The van der Waals surface area contributed by atoms with Crippen molar-refractivity contribution >= 4 is 39.3 Å². The summed E-state index contributed by atoms with van der Waals surface area (Å²) < 4.78 is 1.38. The largest absolute Gasteiger partial charge is 0.506 e. The van der Waals surface area contributed by atoms with Gasteiger partial charge < -0.3 is 20.3 Å². The van der Waals surface area contributed by atoms with E-state index in [9.17, 15) is 19.5 Å². The standard InChI is InChI=1S/C18H16N2O3.C10H8N2O/c1-19(12-8-4-3-5-9-12)17(22)15-16(21)13-10-6-7-11-14(13)20(2)18(15)23;11-10(13)8-5-7-3-1-2-4-9(7)12-6-8/h3-11,21H,1-2H3;1-6H,(H2,11,13). The van der Waals surface area contributed by atoms with E-state index in [2.05, 4.69) is 4.98 Å². The van der Waals surface area contributed by atoms with Crippen LogP contribution >= 0.6 is 0 Å². The van der Waals surface area contributed by atoms with Crippen LogP contribution in [0.4, 0.5) is 5.69 Å². The molecule has 0 atom stereocenters. The van der Waals surface area contributed by atoms with Gasteiger partial charge in [-0.3, -0.25) is 19.4 Å². The number of hydrogen-bond donors (Lipinski definition) is 2. The molecule has 3 N–H and O–H groups in total. The molecular formula is C28H24N4O4. The minimum atomic E-state index is -0.542. The van der Waals surface area contributed by atoms with Crippen LogP contribution < -0.4 is 16.2 Å². The topological polar surface area (TPSA) is 119 Å². The van der Waals surface area contributed by atoms with Crippen LogP contribution in [0.1, 0.15) is 20.7 Å². The Morgan fingerprint density at radius 3 is 2.31 bits per heavy atom. The van der Waals surface area contributed by atoms with Gasteiger partial charge in [0.15, 0.2) is 0 Å². The lowest BCUT2D eigenvalue weighted by Gasteiger charge is -2.19. The lowest BCUT2D eigenvalue weighted by atomic mass is 10.1. The summed E-state index contributed by atoms with van der Waals surface area (Å²) in [5, 5.41) is 11.9. The molecule has 8 heteroatoms. The highest BCUT2D eigenvalue weighted by molar-refractivity contribution is 6.10. The minimum absolute atomic E-state index is 0.224. The van der Waals surface area contributed by atoms with E-state index in [1.54, 1.807) is 68.7 Å². The van der Waals surface area contributed by atoms with Crippen molar-refractivity contribution in [3.8, 4) is 5.75 Å². The van der Waals surface area contributed by atoms with Crippen LogP contribution in [0.25, 0.3) is 21.8 Å². The van der Waals surface area contributed by atoms with Gasteiger partial charge in [-0.05, 0) is 36.4 Å². The first kappa shape index (κ1) is 24.2. The van der Waals surface area contributed by atoms with Gasteiger partial charge in [0.25, 0.3) is 11.5 Å². The molecule has 0 spiro atoms. The number of hydrogen-bond acceptors (Lipinski definition) is 5. The number of primary amides is 1. The van der Waals surface area contributed by atoms with Gasteiger partial charge in [0.2, 0.25) is 5.91 Å². The van der Waals surface area contributed by atoms with Gasteiger partial charge in [0.1, 0.15) is 11.3 Å². The molecule has 2 heterocycles. The lowest BCUT2D eigenvalue weighted by Crippen LogP contribution is -2.34. The Kier molecular flexibility index (Phi) is 6.78. The summed E-state index contributed by atoms with van der Waals surface area (Å²) in [6.45, 7) is 0. The third-order valence-corrected chi connectivity index (χ3v) is 5.81. The molecule has 3 aromatic carbocycles. The van der Waals surface area contributed by atoms with Crippen molar-refractivity contribution in [1.82, 2.24) is 9.55 Å². The Labute approximate surface area is 206 Å². The van der Waals surface area contributed by atoms with Crippen LogP contribution in [0.3, 0.4) is 0 Å². The summed E-state index contributed by atoms with van der Waals surface area (Å²) in [4.78, 5) is 41.6. The SMILES string of the molecule is CN(C(=O)c1c(O)c2ccccc2n(C)c1=O)c1ccccc1.NC(=O)c1cnc2ccccc2c1. The number of para-hydroxylation sites is 3. The summed E-state index contributed by atoms with van der Waals surface area (Å²) >= 11 is 0. The molecule has 0 saturated heterocycles. The summed E-state index contributed by atoms with van der Waals surface area (Å²) in [5.41, 5.74) is 6.92. The normalized spacial score (nSPS) is 10.5. The van der Waals surface area contributed by atoms with Gasteiger partial charge in [-0.1, -0.05) is 48.5 Å². The van der Waals surface area contributed by atoms with Crippen molar-refractivity contribution in [1.29, 1.82) is 0 Å². The lowest BCUT2D eigenvalue weighted by molar-refractivity contribution is 0.0984. The number of carbonyl (C=O) groups excluding carboxylic acids is 2. The number of benzene rings is 3. The third-order valence-electron chi connectivity index (χ3n) is 5.81. The smallest absolute Gasteiger partial charge is 0.267 e. The molecule has 180 valence electrons. The van der Waals surface area contributed by atoms with E-state index in [0.29, 0.717) is 22.2 Å². The monoisotopic (exact) mass is 480 g/mol. The molecule has 0 saturated carbocycles. The van der Waals surface area contributed by atoms with Gasteiger partial charge in [-0.15, -0.1) is 0 Å². The summed E-state index contributed by atoms with van der Waals surface area (Å²) in [6.07, 6.45) is 1.49. The van der Waals surface area contributed by atoms with E-state index < -0.39 is 17.4 Å². The Bertz CT molecular complexity index is 1640. The molecule has 0 aliphatic heterocycles. The molecular weight excluding hydrogens is 456 g/mol. The van der Waals surface area contributed by atoms with Crippen LogP contribution in [0.5, 0.6) is 5.75 Å². The van der Waals surface area contributed by atoms with Crippen molar-refractivity contribution in [3.63, 3.8) is 0 Å². The molecule has 0 aliphatic carbocycles.